The number of ether oxygens (including phenoxy) is 2. The Bertz CT molecular complexity index is 1120. The number of hydrogen-bond donors (Lipinski definition) is 1. The molecule has 0 aliphatic carbocycles. The number of benzene rings is 2. The molecule has 0 saturated carbocycles. The Hall–Kier alpha value is -3.45. The van der Waals surface area contributed by atoms with Crippen molar-refractivity contribution in [2.24, 2.45) is 0 Å². The number of imidazole rings is 1. The van der Waals surface area contributed by atoms with Gasteiger partial charge >= 0.3 is 0 Å². The quantitative estimate of drug-likeness (QED) is 0.427. The van der Waals surface area contributed by atoms with Gasteiger partial charge in [0, 0.05) is 54.6 Å². The van der Waals surface area contributed by atoms with Crippen LogP contribution in [0.1, 0.15) is 11.1 Å². The molecular weight excluding hydrogens is 383 g/mol. The number of hydrogen-bond acceptors (Lipinski definition) is 5. The lowest BCUT2D eigenvalue weighted by Gasteiger charge is -2.14. The van der Waals surface area contributed by atoms with Gasteiger partial charge in [0.15, 0.2) is 0 Å². The van der Waals surface area contributed by atoms with E-state index in [9.17, 15) is 4.39 Å². The highest BCUT2D eigenvalue weighted by atomic mass is 19.1. The second-order valence-corrected chi connectivity index (χ2v) is 6.87. The number of aromatic nitrogens is 3. The molecule has 2 heterocycles. The minimum Gasteiger partial charge on any atom is -0.497 e. The first-order valence-corrected chi connectivity index (χ1v) is 9.73. The number of nitrogens with one attached hydrogen (secondary N) is 1. The van der Waals surface area contributed by atoms with Gasteiger partial charge < -0.3 is 19.4 Å². The molecule has 0 unspecified atom stereocenters. The van der Waals surface area contributed by atoms with E-state index in [2.05, 4.69) is 15.3 Å². The van der Waals surface area contributed by atoms with Gasteiger partial charge in [0.25, 0.3) is 0 Å². The maximum atomic E-state index is 14.0. The van der Waals surface area contributed by atoms with E-state index in [1.165, 1.54) is 6.07 Å². The zero-order valence-corrected chi connectivity index (χ0v) is 16.7. The molecule has 0 aliphatic rings. The molecule has 154 valence electrons. The highest BCUT2D eigenvalue weighted by Gasteiger charge is 2.11. The van der Waals surface area contributed by atoms with Crippen LogP contribution < -0.4 is 14.8 Å². The number of halogens is 1. The van der Waals surface area contributed by atoms with Gasteiger partial charge in [-0.1, -0.05) is 18.2 Å². The molecule has 0 fully saturated rings. The molecule has 6 nitrogen and oxygen atoms in total. The number of rotatable bonds is 9. The number of pyridine rings is 1. The van der Waals surface area contributed by atoms with Crippen molar-refractivity contribution in [1.29, 1.82) is 0 Å². The molecule has 0 bridgehead atoms. The molecule has 0 amide bonds. The summed E-state index contributed by atoms with van der Waals surface area (Å²) in [5.41, 5.74) is 2.17. The normalized spacial score (nSPS) is 11.0. The van der Waals surface area contributed by atoms with Crippen molar-refractivity contribution in [2.45, 2.75) is 19.7 Å². The second kappa shape index (κ2) is 9.37. The van der Waals surface area contributed by atoms with Crippen molar-refractivity contribution < 1.29 is 13.9 Å². The topological polar surface area (TPSA) is 61.2 Å². The van der Waals surface area contributed by atoms with Crippen LogP contribution in [0.3, 0.4) is 0 Å². The summed E-state index contributed by atoms with van der Waals surface area (Å²) < 4.78 is 27.2. The third-order valence-corrected chi connectivity index (χ3v) is 4.81. The first-order valence-electron chi connectivity index (χ1n) is 9.73. The van der Waals surface area contributed by atoms with E-state index in [0.29, 0.717) is 18.0 Å². The Morgan fingerprint density at radius 3 is 2.80 bits per heavy atom. The van der Waals surface area contributed by atoms with Gasteiger partial charge in [-0.15, -0.1) is 0 Å². The Morgan fingerprint density at radius 2 is 2.00 bits per heavy atom. The zero-order valence-electron chi connectivity index (χ0n) is 16.7. The molecule has 2 aromatic carbocycles. The predicted molar refractivity (Wildman–Crippen MR) is 113 cm³/mol. The fourth-order valence-corrected chi connectivity index (χ4v) is 3.16. The molecule has 30 heavy (non-hydrogen) atoms. The monoisotopic (exact) mass is 406 g/mol. The molecule has 0 atom stereocenters. The predicted octanol–water partition coefficient (Wildman–Crippen LogP) is 3.95. The van der Waals surface area contributed by atoms with Gasteiger partial charge in [-0.2, -0.15) is 0 Å². The van der Waals surface area contributed by atoms with Crippen molar-refractivity contribution >= 4 is 10.9 Å². The Kier molecular flexibility index (Phi) is 6.20. The van der Waals surface area contributed by atoms with Crippen molar-refractivity contribution in [3.63, 3.8) is 0 Å². The first-order chi connectivity index (χ1) is 14.7. The van der Waals surface area contributed by atoms with E-state index in [0.717, 1.165) is 35.3 Å². The molecule has 4 aromatic rings. The summed E-state index contributed by atoms with van der Waals surface area (Å²) in [6.45, 7) is 2.26. The molecule has 7 heteroatoms. The third-order valence-electron chi connectivity index (χ3n) is 4.81. The smallest absolute Gasteiger partial charge is 0.218 e. The van der Waals surface area contributed by atoms with E-state index in [4.69, 9.17) is 9.47 Å². The number of nitrogens with zero attached hydrogens (tertiary/aromatic N) is 3. The Balaban J connectivity index is 1.53. The summed E-state index contributed by atoms with van der Waals surface area (Å²) in [5, 5.41) is 4.40. The SMILES string of the molecule is COc1ccc2cc(CNCCn3ccnc3)c(OCc3ccccc3F)nc2c1. The molecule has 0 aliphatic heterocycles. The highest BCUT2D eigenvalue weighted by molar-refractivity contribution is 5.81. The molecule has 0 saturated heterocycles. The lowest BCUT2D eigenvalue weighted by atomic mass is 10.1. The summed E-state index contributed by atoms with van der Waals surface area (Å²) in [5.74, 6) is 0.912. The average molecular weight is 406 g/mol. The minimum atomic E-state index is -0.292. The van der Waals surface area contributed by atoms with Crippen LogP contribution in [0.2, 0.25) is 0 Å². The van der Waals surface area contributed by atoms with Crippen molar-refractivity contribution in [3.8, 4) is 11.6 Å². The van der Waals surface area contributed by atoms with Gasteiger partial charge in [0.1, 0.15) is 18.2 Å². The maximum Gasteiger partial charge on any atom is 0.218 e. The van der Waals surface area contributed by atoms with Crippen LogP contribution in [0, 0.1) is 5.82 Å². The Morgan fingerprint density at radius 1 is 1.10 bits per heavy atom. The summed E-state index contributed by atoms with van der Waals surface area (Å²) in [7, 11) is 1.62. The van der Waals surface area contributed by atoms with Gasteiger partial charge in [-0.05, 0) is 24.3 Å². The van der Waals surface area contributed by atoms with Crippen LogP contribution in [0.4, 0.5) is 4.39 Å². The van der Waals surface area contributed by atoms with Gasteiger partial charge in [0.05, 0.1) is 19.0 Å². The van der Waals surface area contributed by atoms with Crippen LogP contribution >= 0.6 is 0 Å². The van der Waals surface area contributed by atoms with E-state index in [1.54, 1.807) is 37.8 Å². The van der Waals surface area contributed by atoms with E-state index < -0.39 is 0 Å². The van der Waals surface area contributed by atoms with Crippen LogP contribution in [0.5, 0.6) is 11.6 Å². The molecule has 0 spiro atoms. The van der Waals surface area contributed by atoms with Crippen LogP contribution in [-0.4, -0.2) is 28.2 Å². The Labute approximate surface area is 174 Å². The van der Waals surface area contributed by atoms with Crippen molar-refractivity contribution in [2.75, 3.05) is 13.7 Å². The molecule has 2 aromatic heterocycles. The van der Waals surface area contributed by atoms with Crippen molar-refractivity contribution in [1.82, 2.24) is 19.9 Å². The van der Waals surface area contributed by atoms with Gasteiger partial charge in [0.2, 0.25) is 5.88 Å². The number of methoxy groups -OCH3 is 1. The van der Waals surface area contributed by atoms with E-state index >= 15 is 0 Å². The van der Waals surface area contributed by atoms with Gasteiger partial charge in [-0.25, -0.2) is 14.4 Å². The van der Waals surface area contributed by atoms with Crippen LogP contribution in [0.15, 0.2) is 67.3 Å². The van der Waals surface area contributed by atoms with Crippen LogP contribution in [-0.2, 0) is 19.7 Å². The maximum absolute atomic E-state index is 14.0. The summed E-state index contributed by atoms with van der Waals surface area (Å²) in [6.07, 6.45) is 5.47. The molecule has 0 radical (unpaired) electrons. The summed E-state index contributed by atoms with van der Waals surface area (Å²) in [4.78, 5) is 8.72. The average Bonchev–Trinajstić information content (AvgIpc) is 3.29. The first kappa shape index (κ1) is 19.8. The standard InChI is InChI=1S/C23H23FN4O2/c1-29-20-7-6-17-12-19(14-25-8-10-28-11-9-26-16-28)23(27-22(17)13-20)30-15-18-4-2-3-5-21(18)24/h2-7,9,11-13,16,25H,8,10,14-15H2,1H3. The molecule has 1 N–H and O–H groups in total. The lowest BCUT2D eigenvalue weighted by Crippen LogP contribution is -2.19. The molecule has 4 rings (SSSR count). The second-order valence-electron chi connectivity index (χ2n) is 6.87. The third kappa shape index (κ3) is 4.75. The summed E-state index contributed by atoms with van der Waals surface area (Å²) >= 11 is 0. The van der Waals surface area contributed by atoms with Gasteiger partial charge in [-0.3, -0.25) is 0 Å². The van der Waals surface area contributed by atoms with Crippen LogP contribution in [0.25, 0.3) is 10.9 Å². The number of fused-ring (bicyclic) bond motifs is 1. The summed E-state index contributed by atoms with van der Waals surface area (Å²) in [6, 6.07) is 14.4. The van der Waals surface area contributed by atoms with E-state index in [1.807, 2.05) is 35.0 Å². The largest absolute Gasteiger partial charge is 0.497 e. The fourth-order valence-electron chi connectivity index (χ4n) is 3.16. The lowest BCUT2D eigenvalue weighted by molar-refractivity contribution is 0.285. The van der Waals surface area contributed by atoms with E-state index in [-0.39, 0.29) is 12.4 Å². The fraction of sp³-hybridized carbons (Fsp3) is 0.217. The molecular formula is C23H23FN4O2. The minimum absolute atomic E-state index is 0.108. The zero-order chi connectivity index (χ0) is 20.8. The van der Waals surface area contributed by atoms with Crippen molar-refractivity contribution in [3.05, 3.63) is 84.2 Å². The highest BCUT2D eigenvalue weighted by Crippen LogP contribution is 2.26.